The second-order valence-electron chi connectivity index (χ2n) is 6.43. The van der Waals surface area contributed by atoms with Crippen molar-refractivity contribution >= 4 is 5.97 Å². The Morgan fingerprint density at radius 2 is 1.38 bits per heavy atom. The van der Waals surface area contributed by atoms with Crippen molar-refractivity contribution in [2.24, 2.45) is 5.92 Å². The van der Waals surface area contributed by atoms with E-state index < -0.39 is 42.9 Å². The lowest BCUT2D eigenvalue weighted by molar-refractivity contribution is -0.292. The standard InChI is InChI=1S/C20H19F6NO2/c1-13(15-10-6-3-7-11-15)27-16(17(19(21,22)23)20(24,25)26)18(28)29-12-14-8-4-2-5-9-14/h2-11,13,16-17,27H,12H2,1H3/t13-,16-/m1/s1. The summed E-state index contributed by atoms with van der Waals surface area (Å²) in [6.45, 7) is 0.927. The molecule has 2 atom stereocenters. The fourth-order valence-corrected chi connectivity index (χ4v) is 2.79. The third-order valence-electron chi connectivity index (χ3n) is 4.25. The Labute approximate surface area is 163 Å². The van der Waals surface area contributed by atoms with Gasteiger partial charge in [0.2, 0.25) is 0 Å². The summed E-state index contributed by atoms with van der Waals surface area (Å²) in [5, 5.41) is 2.17. The summed E-state index contributed by atoms with van der Waals surface area (Å²) >= 11 is 0. The van der Waals surface area contributed by atoms with Crippen molar-refractivity contribution in [1.82, 2.24) is 5.32 Å². The molecule has 0 radical (unpaired) electrons. The lowest BCUT2D eigenvalue weighted by Crippen LogP contribution is -2.55. The lowest BCUT2D eigenvalue weighted by atomic mass is 9.96. The Morgan fingerprint density at radius 1 is 0.897 bits per heavy atom. The summed E-state index contributed by atoms with van der Waals surface area (Å²) in [5.74, 6) is -5.54. The molecule has 0 bridgehead atoms. The smallest absolute Gasteiger partial charge is 0.402 e. The minimum Gasteiger partial charge on any atom is -0.460 e. The monoisotopic (exact) mass is 419 g/mol. The molecule has 0 spiro atoms. The Hall–Kier alpha value is -2.55. The summed E-state index contributed by atoms with van der Waals surface area (Å²) < 4.78 is 84.4. The van der Waals surface area contributed by atoms with Crippen molar-refractivity contribution < 1.29 is 35.9 Å². The number of hydrogen-bond acceptors (Lipinski definition) is 3. The number of halogens is 6. The van der Waals surface area contributed by atoms with E-state index >= 15 is 0 Å². The minimum atomic E-state index is -5.70. The van der Waals surface area contributed by atoms with Crippen molar-refractivity contribution in [3.05, 3.63) is 71.8 Å². The summed E-state index contributed by atoms with van der Waals surface area (Å²) in [5.41, 5.74) is 0.864. The van der Waals surface area contributed by atoms with Crippen molar-refractivity contribution in [2.45, 2.75) is 38.0 Å². The molecule has 29 heavy (non-hydrogen) atoms. The number of nitrogens with one attached hydrogen (secondary N) is 1. The number of alkyl halides is 6. The number of benzene rings is 2. The summed E-state index contributed by atoms with van der Waals surface area (Å²) in [7, 11) is 0. The highest BCUT2D eigenvalue weighted by Gasteiger charge is 2.62. The zero-order valence-electron chi connectivity index (χ0n) is 15.3. The van der Waals surface area contributed by atoms with Crippen molar-refractivity contribution in [3.8, 4) is 0 Å². The molecule has 9 heteroatoms. The molecule has 2 rings (SSSR count). The number of carbonyl (C=O) groups is 1. The van der Waals surface area contributed by atoms with Gasteiger partial charge in [0, 0.05) is 6.04 Å². The maximum atomic E-state index is 13.3. The van der Waals surface area contributed by atoms with Crippen LogP contribution in [0.2, 0.25) is 0 Å². The van der Waals surface area contributed by atoms with Gasteiger partial charge in [-0.15, -0.1) is 0 Å². The zero-order chi connectivity index (χ0) is 21.7. The van der Waals surface area contributed by atoms with E-state index in [0.29, 0.717) is 11.1 Å². The van der Waals surface area contributed by atoms with Crippen LogP contribution in [0.4, 0.5) is 26.3 Å². The van der Waals surface area contributed by atoms with Crippen LogP contribution in [-0.2, 0) is 16.1 Å². The minimum absolute atomic E-state index is 0.427. The lowest BCUT2D eigenvalue weighted by Gasteiger charge is -2.32. The van der Waals surface area contributed by atoms with Gasteiger partial charge in [-0.3, -0.25) is 10.1 Å². The normalized spacial score (nSPS) is 14.5. The fraction of sp³-hybridized carbons (Fsp3) is 0.350. The average molecular weight is 419 g/mol. The van der Waals surface area contributed by atoms with Gasteiger partial charge in [0.25, 0.3) is 0 Å². The van der Waals surface area contributed by atoms with Gasteiger partial charge in [-0.2, -0.15) is 26.3 Å². The van der Waals surface area contributed by atoms with Gasteiger partial charge in [-0.25, -0.2) is 0 Å². The van der Waals surface area contributed by atoms with E-state index in [2.05, 4.69) is 5.32 Å². The molecule has 0 aliphatic heterocycles. The van der Waals surface area contributed by atoms with Crippen LogP contribution < -0.4 is 5.32 Å². The Bertz CT molecular complexity index is 763. The molecular weight excluding hydrogens is 400 g/mol. The Kier molecular flexibility index (Phi) is 7.29. The van der Waals surface area contributed by atoms with Crippen LogP contribution in [0.25, 0.3) is 0 Å². The number of hydrogen-bond donors (Lipinski definition) is 1. The van der Waals surface area contributed by atoms with Gasteiger partial charge >= 0.3 is 18.3 Å². The molecule has 0 fully saturated rings. The van der Waals surface area contributed by atoms with E-state index in [4.69, 9.17) is 4.74 Å². The van der Waals surface area contributed by atoms with E-state index in [0.717, 1.165) is 0 Å². The van der Waals surface area contributed by atoms with E-state index in [1.807, 2.05) is 0 Å². The number of carbonyl (C=O) groups excluding carboxylic acids is 1. The second kappa shape index (κ2) is 9.30. The van der Waals surface area contributed by atoms with Crippen molar-refractivity contribution in [1.29, 1.82) is 0 Å². The third-order valence-corrected chi connectivity index (χ3v) is 4.25. The molecule has 0 saturated heterocycles. The van der Waals surface area contributed by atoms with Crippen LogP contribution in [0.3, 0.4) is 0 Å². The SMILES string of the molecule is C[C@@H](N[C@@H](C(=O)OCc1ccccc1)C(C(F)(F)F)C(F)(F)F)c1ccccc1. The Balaban J connectivity index is 2.29. The highest BCUT2D eigenvalue weighted by atomic mass is 19.4. The van der Waals surface area contributed by atoms with Crippen molar-refractivity contribution in [2.75, 3.05) is 0 Å². The van der Waals surface area contributed by atoms with E-state index in [9.17, 15) is 31.1 Å². The van der Waals surface area contributed by atoms with Crippen LogP contribution in [0, 0.1) is 5.92 Å². The van der Waals surface area contributed by atoms with Crippen LogP contribution in [0.1, 0.15) is 24.1 Å². The van der Waals surface area contributed by atoms with E-state index in [1.54, 1.807) is 36.4 Å². The van der Waals surface area contributed by atoms with Crippen LogP contribution >= 0.6 is 0 Å². The highest BCUT2D eigenvalue weighted by molar-refractivity contribution is 5.76. The fourth-order valence-electron chi connectivity index (χ4n) is 2.79. The first kappa shape index (κ1) is 22.7. The first-order valence-electron chi connectivity index (χ1n) is 8.65. The topological polar surface area (TPSA) is 38.3 Å². The van der Waals surface area contributed by atoms with Gasteiger partial charge in [0.1, 0.15) is 12.6 Å². The van der Waals surface area contributed by atoms with E-state index in [-0.39, 0.29) is 0 Å². The maximum absolute atomic E-state index is 13.3. The molecule has 0 aliphatic carbocycles. The van der Waals surface area contributed by atoms with Gasteiger partial charge < -0.3 is 4.74 Å². The molecule has 0 amide bonds. The predicted molar refractivity (Wildman–Crippen MR) is 93.6 cm³/mol. The van der Waals surface area contributed by atoms with Gasteiger partial charge in [0.05, 0.1) is 0 Å². The molecular formula is C20H19F6NO2. The number of esters is 1. The van der Waals surface area contributed by atoms with Crippen LogP contribution in [0.15, 0.2) is 60.7 Å². The van der Waals surface area contributed by atoms with Crippen LogP contribution in [0.5, 0.6) is 0 Å². The summed E-state index contributed by atoms with van der Waals surface area (Å²) in [4.78, 5) is 12.3. The molecule has 0 aromatic heterocycles. The van der Waals surface area contributed by atoms with Gasteiger partial charge in [-0.05, 0) is 18.1 Å². The molecule has 2 aromatic rings. The first-order chi connectivity index (χ1) is 13.5. The second-order valence-corrected chi connectivity index (χ2v) is 6.43. The third kappa shape index (κ3) is 6.49. The maximum Gasteiger partial charge on any atom is 0.402 e. The van der Waals surface area contributed by atoms with Gasteiger partial charge in [-0.1, -0.05) is 60.7 Å². The number of ether oxygens (including phenoxy) is 1. The molecule has 2 aromatic carbocycles. The van der Waals surface area contributed by atoms with Gasteiger partial charge in [0.15, 0.2) is 5.92 Å². The molecule has 0 heterocycles. The molecule has 158 valence electrons. The quantitative estimate of drug-likeness (QED) is 0.496. The largest absolute Gasteiger partial charge is 0.460 e. The molecule has 0 unspecified atom stereocenters. The predicted octanol–water partition coefficient (Wildman–Crippen LogP) is 5.19. The zero-order valence-corrected chi connectivity index (χ0v) is 15.3. The Morgan fingerprint density at radius 3 is 1.86 bits per heavy atom. The number of rotatable bonds is 7. The molecule has 0 saturated carbocycles. The first-order valence-corrected chi connectivity index (χ1v) is 8.65. The summed E-state index contributed by atoms with van der Waals surface area (Å²) in [6.07, 6.45) is -11.4. The van der Waals surface area contributed by atoms with Crippen LogP contribution in [-0.4, -0.2) is 24.4 Å². The van der Waals surface area contributed by atoms with E-state index in [1.165, 1.54) is 31.2 Å². The molecule has 3 nitrogen and oxygen atoms in total. The summed E-state index contributed by atoms with van der Waals surface area (Å²) in [6, 6.07) is 12.2. The molecule has 0 aliphatic rings. The molecule has 1 N–H and O–H groups in total. The van der Waals surface area contributed by atoms with Crippen molar-refractivity contribution in [3.63, 3.8) is 0 Å². The average Bonchev–Trinajstić information content (AvgIpc) is 2.65. The highest BCUT2D eigenvalue weighted by Crippen LogP contribution is 2.42.